The van der Waals surface area contributed by atoms with Crippen LogP contribution in [0.1, 0.15) is 10.8 Å². The first-order valence-electron chi connectivity index (χ1n) is 3.13. The number of rotatable bonds is 3. The Balaban J connectivity index is 2.64. The van der Waals surface area contributed by atoms with E-state index in [1.54, 1.807) is 11.3 Å². The van der Waals surface area contributed by atoms with Crippen LogP contribution >= 0.6 is 23.1 Å². The summed E-state index contributed by atoms with van der Waals surface area (Å²) in [7, 11) is 0. The molecule has 0 fully saturated rings. The minimum absolute atomic E-state index is 0.492. The third-order valence-corrected chi connectivity index (χ3v) is 3.15. The highest BCUT2D eigenvalue weighted by Gasteiger charge is 2.06. The molecule has 1 heterocycles. The van der Waals surface area contributed by atoms with Crippen molar-refractivity contribution < 1.29 is 0 Å². The van der Waals surface area contributed by atoms with E-state index in [1.807, 2.05) is 11.8 Å². The predicted octanol–water partition coefficient (Wildman–Crippen LogP) is 2.11. The first kappa shape index (κ1) is 8.11. The Labute approximate surface area is 69.6 Å². The van der Waals surface area contributed by atoms with Gasteiger partial charge in [0.15, 0.2) is 0 Å². The van der Waals surface area contributed by atoms with Crippen LogP contribution in [0.15, 0.2) is 16.8 Å². The molecular weight excluding hydrogens is 162 g/mol. The molecular formula is C7H11NS2. The summed E-state index contributed by atoms with van der Waals surface area (Å²) in [6.07, 6.45) is 2.09. The second-order valence-electron chi connectivity index (χ2n) is 2.02. The second-order valence-corrected chi connectivity index (χ2v) is 3.84. The molecule has 0 aliphatic heterocycles. The van der Waals surface area contributed by atoms with E-state index in [1.165, 1.54) is 5.56 Å². The Hall–Kier alpha value is 0.01000. The number of thiophene rings is 1. The fourth-order valence-electron chi connectivity index (χ4n) is 0.827. The summed E-state index contributed by atoms with van der Waals surface area (Å²) in [5, 5.41) is 4.74. The van der Waals surface area contributed by atoms with Crippen molar-refractivity contribution in [3.63, 3.8) is 0 Å². The zero-order valence-corrected chi connectivity index (χ0v) is 7.54. The van der Waals surface area contributed by atoms with Crippen LogP contribution in [-0.2, 0) is 0 Å². The minimum atomic E-state index is 0.492. The van der Waals surface area contributed by atoms with Crippen LogP contribution in [-0.4, -0.2) is 12.8 Å². The number of nitrogens with two attached hydrogens (primary N) is 1. The topological polar surface area (TPSA) is 26.0 Å². The Morgan fingerprint density at radius 3 is 3.00 bits per heavy atom. The van der Waals surface area contributed by atoms with Crippen molar-refractivity contribution in [2.45, 2.75) is 5.25 Å². The van der Waals surface area contributed by atoms with Crippen molar-refractivity contribution in [3.8, 4) is 0 Å². The fourth-order valence-corrected chi connectivity index (χ4v) is 2.24. The summed E-state index contributed by atoms with van der Waals surface area (Å²) >= 11 is 3.54. The monoisotopic (exact) mass is 173 g/mol. The Morgan fingerprint density at radius 2 is 2.60 bits per heavy atom. The Bertz CT molecular complexity index is 168. The summed E-state index contributed by atoms with van der Waals surface area (Å²) in [5.41, 5.74) is 6.92. The molecule has 0 saturated heterocycles. The van der Waals surface area contributed by atoms with Crippen LogP contribution in [0.5, 0.6) is 0 Å². The van der Waals surface area contributed by atoms with Gasteiger partial charge in [-0.3, -0.25) is 0 Å². The summed E-state index contributed by atoms with van der Waals surface area (Å²) in [6.45, 7) is 0.734. The molecule has 0 aliphatic carbocycles. The molecule has 0 radical (unpaired) electrons. The average Bonchev–Trinajstić information content (AvgIpc) is 2.43. The van der Waals surface area contributed by atoms with Gasteiger partial charge >= 0.3 is 0 Å². The molecule has 0 aliphatic rings. The smallest absolute Gasteiger partial charge is 0.0425 e. The van der Waals surface area contributed by atoms with E-state index in [0.717, 1.165) is 6.54 Å². The van der Waals surface area contributed by atoms with Crippen molar-refractivity contribution in [2.24, 2.45) is 5.73 Å². The van der Waals surface area contributed by atoms with Crippen LogP contribution in [0.2, 0.25) is 0 Å². The normalized spacial score (nSPS) is 13.4. The van der Waals surface area contributed by atoms with E-state index in [2.05, 4.69) is 23.1 Å². The maximum absolute atomic E-state index is 5.56. The van der Waals surface area contributed by atoms with Gasteiger partial charge in [0.2, 0.25) is 0 Å². The molecule has 1 unspecified atom stereocenters. The highest BCUT2D eigenvalue weighted by atomic mass is 32.2. The largest absolute Gasteiger partial charge is 0.329 e. The van der Waals surface area contributed by atoms with E-state index in [4.69, 9.17) is 5.73 Å². The molecule has 3 heteroatoms. The summed E-state index contributed by atoms with van der Waals surface area (Å²) in [5.74, 6) is 0. The van der Waals surface area contributed by atoms with Gasteiger partial charge < -0.3 is 5.73 Å². The van der Waals surface area contributed by atoms with Crippen LogP contribution < -0.4 is 5.73 Å². The summed E-state index contributed by atoms with van der Waals surface area (Å²) in [6, 6.07) is 2.14. The van der Waals surface area contributed by atoms with Crippen molar-refractivity contribution in [2.75, 3.05) is 12.8 Å². The van der Waals surface area contributed by atoms with Crippen molar-refractivity contribution >= 4 is 23.1 Å². The molecule has 0 spiro atoms. The van der Waals surface area contributed by atoms with E-state index < -0.39 is 0 Å². The third-order valence-electron chi connectivity index (χ3n) is 1.41. The third kappa shape index (κ3) is 1.75. The molecule has 0 saturated carbocycles. The lowest BCUT2D eigenvalue weighted by atomic mass is 10.2. The van der Waals surface area contributed by atoms with Crippen LogP contribution in [0.4, 0.5) is 0 Å². The quantitative estimate of drug-likeness (QED) is 0.757. The lowest BCUT2D eigenvalue weighted by molar-refractivity contribution is 0.950. The second kappa shape index (κ2) is 4.01. The van der Waals surface area contributed by atoms with Gasteiger partial charge in [-0.1, -0.05) is 0 Å². The molecule has 1 rings (SSSR count). The summed E-state index contributed by atoms with van der Waals surface area (Å²) in [4.78, 5) is 0. The lowest BCUT2D eigenvalue weighted by Crippen LogP contribution is -2.07. The Morgan fingerprint density at radius 1 is 1.80 bits per heavy atom. The van der Waals surface area contributed by atoms with Crippen LogP contribution in [0.25, 0.3) is 0 Å². The van der Waals surface area contributed by atoms with Gasteiger partial charge in [-0.05, 0) is 28.6 Å². The molecule has 1 aromatic heterocycles. The first-order valence-corrected chi connectivity index (χ1v) is 5.36. The molecule has 2 N–H and O–H groups in total. The minimum Gasteiger partial charge on any atom is -0.329 e. The van der Waals surface area contributed by atoms with Crippen LogP contribution in [0.3, 0.4) is 0 Å². The van der Waals surface area contributed by atoms with E-state index in [0.29, 0.717) is 5.25 Å². The van der Waals surface area contributed by atoms with Gasteiger partial charge in [0, 0.05) is 11.8 Å². The van der Waals surface area contributed by atoms with Gasteiger partial charge in [-0.25, -0.2) is 0 Å². The number of hydrogen-bond donors (Lipinski definition) is 1. The molecule has 1 atom stereocenters. The molecule has 0 aromatic carbocycles. The highest BCUT2D eigenvalue weighted by Crippen LogP contribution is 2.26. The Kier molecular flexibility index (Phi) is 3.25. The van der Waals surface area contributed by atoms with Gasteiger partial charge in [0.05, 0.1) is 0 Å². The molecule has 0 bridgehead atoms. The van der Waals surface area contributed by atoms with Crippen molar-refractivity contribution in [1.29, 1.82) is 0 Å². The van der Waals surface area contributed by atoms with Crippen LogP contribution in [0, 0.1) is 0 Å². The van der Waals surface area contributed by atoms with E-state index >= 15 is 0 Å². The lowest BCUT2D eigenvalue weighted by Gasteiger charge is -2.07. The van der Waals surface area contributed by atoms with Gasteiger partial charge in [-0.15, -0.1) is 0 Å². The van der Waals surface area contributed by atoms with Crippen molar-refractivity contribution in [3.05, 3.63) is 22.4 Å². The zero-order chi connectivity index (χ0) is 7.40. The first-order chi connectivity index (χ1) is 4.88. The molecule has 0 amide bonds. The number of hydrogen-bond acceptors (Lipinski definition) is 3. The number of thioether (sulfide) groups is 1. The van der Waals surface area contributed by atoms with Gasteiger partial charge in [-0.2, -0.15) is 23.1 Å². The molecule has 1 nitrogen and oxygen atoms in total. The molecule has 56 valence electrons. The van der Waals surface area contributed by atoms with Gasteiger partial charge in [0.25, 0.3) is 0 Å². The van der Waals surface area contributed by atoms with E-state index in [-0.39, 0.29) is 0 Å². The highest BCUT2D eigenvalue weighted by molar-refractivity contribution is 7.98. The maximum atomic E-state index is 5.56. The van der Waals surface area contributed by atoms with Gasteiger partial charge in [0.1, 0.15) is 0 Å². The average molecular weight is 173 g/mol. The van der Waals surface area contributed by atoms with E-state index in [9.17, 15) is 0 Å². The predicted molar refractivity (Wildman–Crippen MR) is 49.6 cm³/mol. The molecule has 10 heavy (non-hydrogen) atoms. The standard InChI is InChI=1S/C7H11NS2/c1-9-7(4-8)6-2-3-10-5-6/h2-3,5,7H,4,8H2,1H3. The zero-order valence-electron chi connectivity index (χ0n) is 5.91. The SMILES string of the molecule is CSC(CN)c1ccsc1. The molecule has 1 aromatic rings. The van der Waals surface area contributed by atoms with Crippen molar-refractivity contribution in [1.82, 2.24) is 0 Å². The maximum Gasteiger partial charge on any atom is 0.0425 e. The fraction of sp³-hybridized carbons (Fsp3) is 0.429. The summed E-state index contributed by atoms with van der Waals surface area (Å²) < 4.78 is 0.